The molecule has 2 atom stereocenters. The zero-order chi connectivity index (χ0) is 25.8. The Morgan fingerprint density at radius 2 is 1.86 bits per heavy atom. The van der Waals surface area contributed by atoms with E-state index in [2.05, 4.69) is 22.1 Å². The highest BCUT2D eigenvalue weighted by Gasteiger charge is 2.50. The van der Waals surface area contributed by atoms with Crippen LogP contribution in [0.3, 0.4) is 0 Å². The van der Waals surface area contributed by atoms with E-state index in [1.54, 1.807) is 7.05 Å². The number of imidazole rings is 1. The molecule has 0 unspecified atom stereocenters. The number of likely N-dealkylation sites (tertiary alicyclic amines) is 1. The van der Waals surface area contributed by atoms with E-state index in [1.807, 2.05) is 21.9 Å². The first-order valence-electron chi connectivity index (χ1n) is 12.8. The molecule has 3 aliphatic rings. The van der Waals surface area contributed by atoms with Gasteiger partial charge in [-0.1, -0.05) is 24.3 Å². The summed E-state index contributed by atoms with van der Waals surface area (Å²) in [5, 5.41) is 0. The highest BCUT2D eigenvalue weighted by molar-refractivity contribution is 5.76. The van der Waals surface area contributed by atoms with Gasteiger partial charge in [0.05, 0.1) is 6.04 Å². The zero-order valence-electron chi connectivity index (χ0n) is 21.0. The quantitative estimate of drug-likeness (QED) is 0.558. The number of carbonyl (C=O) groups excluding carboxylic acids is 2. The van der Waals surface area contributed by atoms with E-state index in [1.165, 1.54) is 22.7 Å². The van der Waals surface area contributed by atoms with Gasteiger partial charge in [-0.25, -0.2) is 14.6 Å². The van der Waals surface area contributed by atoms with Crippen LogP contribution in [0.15, 0.2) is 33.9 Å². The van der Waals surface area contributed by atoms with Crippen molar-refractivity contribution < 1.29 is 14.3 Å². The van der Waals surface area contributed by atoms with Gasteiger partial charge in [-0.3, -0.25) is 23.6 Å². The van der Waals surface area contributed by atoms with Crippen LogP contribution in [0.4, 0.5) is 4.79 Å². The lowest BCUT2D eigenvalue weighted by Crippen LogP contribution is -2.47. The lowest BCUT2D eigenvalue weighted by molar-refractivity contribution is -0.132. The molecule has 1 aromatic carbocycles. The average molecular weight is 507 g/mol. The minimum Gasteiger partial charge on any atom is -0.443 e. The molecule has 0 bridgehead atoms. The Morgan fingerprint density at radius 3 is 2.65 bits per heavy atom. The van der Waals surface area contributed by atoms with Crippen molar-refractivity contribution in [1.82, 2.24) is 28.9 Å². The van der Waals surface area contributed by atoms with Gasteiger partial charge in [0.15, 0.2) is 5.65 Å². The van der Waals surface area contributed by atoms with Gasteiger partial charge >= 0.3 is 11.8 Å². The lowest BCUT2D eigenvalue weighted by atomic mass is 9.99. The van der Waals surface area contributed by atoms with Gasteiger partial charge in [-0.2, -0.15) is 0 Å². The second kappa shape index (κ2) is 8.89. The van der Waals surface area contributed by atoms with Crippen molar-refractivity contribution in [3.8, 4) is 0 Å². The van der Waals surface area contributed by atoms with E-state index in [0.29, 0.717) is 49.3 Å². The van der Waals surface area contributed by atoms with E-state index in [-0.39, 0.29) is 30.2 Å². The molecule has 3 aromatic rings. The molecule has 2 saturated heterocycles. The van der Waals surface area contributed by atoms with Crippen molar-refractivity contribution in [2.75, 3.05) is 13.1 Å². The number of aryl methyl sites for hydroxylation is 2. The van der Waals surface area contributed by atoms with E-state index >= 15 is 0 Å². The predicted molar refractivity (Wildman–Crippen MR) is 134 cm³/mol. The highest BCUT2D eigenvalue weighted by Crippen LogP contribution is 2.44. The standard InChI is InChI=1S/C26H30N6O5/c1-29-23-21(24(34)30(2)25(29)35)27-19(28-23)8-5-9-20(33)31-12-10-16(11-13-31)32-22-17-7-4-3-6-15(17)14-18(22)37-26(32)36/h3-4,6-7,16,18,22H,5,8-14H2,1-2H3,(H,27,28)/t18-,22+/m0/s1. The van der Waals surface area contributed by atoms with Crippen LogP contribution < -0.4 is 11.2 Å². The molecule has 6 rings (SSSR count). The molecule has 0 spiro atoms. The van der Waals surface area contributed by atoms with Gasteiger partial charge in [0.2, 0.25) is 5.91 Å². The van der Waals surface area contributed by atoms with E-state index < -0.39 is 11.2 Å². The van der Waals surface area contributed by atoms with Crippen molar-refractivity contribution in [3.63, 3.8) is 0 Å². The Balaban J connectivity index is 1.05. The van der Waals surface area contributed by atoms with E-state index in [0.717, 1.165) is 23.8 Å². The number of fused-ring (bicyclic) bond motifs is 4. The SMILES string of the molecule is Cn1c(=O)c2[nH]c(CCCC(=O)N3CCC(N4C(=O)O[C@H]5Cc6ccccc6[C@H]54)CC3)nc2n(C)c1=O. The van der Waals surface area contributed by atoms with E-state index in [9.17, 15) is 19.2 Å². The first kappa shape index (κ1) is 23.5. The van der Waals surface area contributed by atoms with Gasteiger partial charge < -0.3 is 14.6 Å². The van der Waals surface area contributed by atoms with Gasteiger partial charge in [-0.05, 0) is 30.4 Å². The van der Waals surface area contributed by atoms with Crippen molar-refractivity contribution in [1.29, 1.82) is 0 Å². The first-order chi connectivity index (χ1) is 17.8. The summed E-state index contributed by atoms with van der Waals surface area (Å²) in [6, 6.07) is 8.25. The van der Waals surface area contributed by atoms with Crippen LogP contribution in [0.1, 0.15) is 48.7 Å². The van der Waals surface area contributed by atoms with Crippen LogP contribution in [0, 0.1) is 0 Å². The minimum absolute atomic E-state index is 0.0314. The van der Waals surface area contributed by atoms with Crippen LogP contribution in [0.25, 0.3) is 11.2 Å². The number of piperidine rings is 1. The number of carbonyl (C=O) groups is 2. The summed E-state index contributed by atoms with van der Waals surface area (Å²) < 4.78 is 8.10. The summed E-state index contributed by atoms with van der Waals surface area (Å²) in [6.07, 6.45) is 3.29. The number of amides is 2. The number of aromatic nitrogens is 4. The molecule has 2 amide bonds. The Morgan fingerprint density at radius 1 is 1.11 bits per heavy atom. The molecule has 1 aliphatic carbocycles. The molecule has 194 valence electrons. The Hall–Kier alpha value is -3.89. The fraction of sp³-hybridized carbons (Fsp3) is 0.500. The number of benzene rings is 1. The van der Waals surface area contributed by atoms with Gasteiger partial charge in [0, 0.05) is 52.5 Å². The molecule has 1 N–H and O–H groups in total. The third-order valence-corrected chi connectivity index (χ3v) is 8.07. The summed E-state index contributed by atoms with van der Waals surface area (Å²) in [5.41, 5.74) is 2.20. The normalized spacial score (nSPS) is 21.4. The molecule has 11 nitrogen and oxygen atoms in total. The molecule has 11 heteroatoms. The van der Waals surface area contributed by atoms with Crippen LogP contribution >= 0.6 is 0 Å². The van der Waals surface area contributed by atoms with Crippen molar-refractivity contribution in [3.05, 3.63) is 62.1 Å². The van der Waals surface area contributed by atoms with Crippen LogP contribution in [-0.2, 0) is 36.5 Å². The monoisotopic (exact) mass is 506 g/mol. The second-order valence-electron chi connectivity index (χ2n) is 10.2. The third-order valence-electron chi connectivity index (χ3n) is 8.07. The topological polar surface area (TPSA) is 123 Å². The summed E-state index contributed by atoms with van der Waals surface area (Å²) in [7, 11) is 3.01. The molecule has 0 saturated carbocycles. The molecule has 2 fully saturated rings. The van der Waals surface area contributed by atoms with Gasteiger partial charge in [-0.15, -0.1) is 0 Å². The number of ether oxygens (including phenoxy) is 1. The van der Waals surface area contributed by atoms with Crippen molar-refractivity contribution >= 4 is 23.2 Å². The maximum Gasteiger partial charge on any atom is 0.411 e. The summed E-state index contributed by atoms with van der Waals surface area (Å²) in [4.78, 5) is 61.3. The summed E-state index contributed by atoms with van der Waals surface area (Å²) in [6.45, 7) is 1.21. The average Bonchev–Trinajstić information content (AvgIpc) is 3.57. The van der Waals surface area contributed by atoms with Gasteiger partial charge in [0.25, 0.3) is 5.56 Å². The molecule has 37 heavy (non-hydrogen) atoms. The minimum atomic E-state index is -0.427. The van der Waals surface area contributed by atoms with Crippen LogP contribution in [-0.4, -0.2) is 66.1 Å². The fourth-order valence-corrected chi connectivity index (χ4v) is 6.10. The summed E-state index contributed by atoms with van der Waals surface area (Å²) in [5.74, 6) is 0.657. The molecule has 2 aromatic heterocycles. The molecule has 4 heterocycles. The largest absolute Gasteiger partial charge is 0.443 e. The Bertz CT molecular complexity index is 1510. The molecular formula is C26H30N6O5. The fourth-order valence-electron chi connectivity index (χ4n) is 6.10. The highest BCUT2D eigenvalue weighted by atomic mass is 16.6. The van der Waals surface area contributed by atoms with Crippen LogP contribution in [0.2, 0.25) is 0 Å². The van der Waals surface area contributed by atoms with Crippen molar-refractivity contribution in [2.45, 2.75) is 56.7 Å². The number of hydrogen-bond acceptors (Lipinski definition) is 6. The van der Waals surface area contributed by atoms with Crippen molar-refractivity contribution in [2.24, 2.45) is 14.1 Å². The smallest absolute Gasteiger partial charge is 0.411 e. The Kier molecular flexibility index (Phi) is 5.65. The van der Waals surface area contributed by atoms with Crippen LogP contribution in [0.5, 0.6) is 0 Å². The number of H-pyrrole nitrogens is 1. The molecule has 2 aliphatic heterocycles. The number of nitrogens with one attached hydrogen (secondary N) is 1. The Labute approximate surface area is 212 Å². The predicted octanol–water partition coefficient (Wildman–Crippen LogP) is 1.39. The number of aromatic amines is 1. The summed E-state index contributed by atoms with van der Waals surface area (Å²) >= 11 is 0. The first-order valence-corrected chi connectivity index (χ1v) is 12.8. The number of hydrogen-bond donors (Lipinski definition) is 1. The lowest BCUT2D eigenvalue weighted by Gasteiger charge is -2.38. The zero-order valence-corrected chi connectivity index (χ0v) is 21.0. The molecular weight excluding hydrogens is 476 g/mol. The maximum absolute atomic E-state index is 12.9. The van der Waals surface area contributed by atoms with Gasteiger partial charge in [0.1, 0.15) is 17.4 Å². The van der Waals surface area contributed by atoms with E-state index in [4.69, 9.17) is 4.74 Å². The second-order valence-corrected chi connectivity index (χ2v) is 10.2. The molecule has 0 radical (unpaired) electrons. The number of rotatable bonds is 5. The number of nitrogens with zero attached hydrogens (tertiary/aromatic N) is 5. The third kappa shape index (κ3) is 3.84. The maximum atomic E-state index is 12.9.